The monoisotopic (exact) mass is 481 g/mol. The van der Waals surface area contributed by atoms with Gasteiger partial charge in [-0.2, -0.15) is 10.1 Å². The Labute approximate surface area is 202 Å². The standard InChI is InChI=1S/C24H27N5O6/c1-13-20(23(30)28-16-8-7-15(31-2)11-17(16)32-3)21(29-24(27-13)25-12-26-29)14-9-18(33-4)22(35-6)19(10-14)34-5/h7-12,21H,1-6H3,(H,28,30)(H,25,26,27)/t21-/m0/s1. The number of fused-ring (bicyclic) bond motifs is 1. The van der Waals surface area contributed by atoms with Gasteiger partial charge in [0.15, 0.2) is 11.5 Å². The maximum Gasteiger partial charge on any atom is 0.255 e. The average molecular weight is 482 g/mol. The highest BCUT2D eigenvalue weighted by atomic mass is 16.5. The molecule has 2 N–H and O–H groups in total. The minimum Gasteiger partial charge on any atom is -0.497 e. The van der Waals surface area contributed by atoms with Crippen LogP contribution in [0.15, 0.2) is 47.9 Å². The molecular formula is C24H27N5O6. The maximum absolute atomic E-state index is 13.7. The Morgan fingerprint density at radius 2 is 1.63 bits per heavy atom. The molecule has 184 valence electrons. The lowest BCUT2D eigenvalue weighted by Gasteiger charge is -2.29. The smallest absolute Gasteiger partial charge is 0.255 e. The summed E-state index contributed by atoms with van der Waals surface area (Å²) in [5.41, 5.74) is 2.23. The number of benzene rings is 2. The Morgan fingerprint density at radius 1 is 0.943 bits per heavy atom. The number of anilines is 2. The minimum atomic E-state index is -0.633. The van der Waals surface area contributed by atoms with Crippen LogP contribution in [0.1, 0.15) is 18.5 Å². The van der Waals surface area contributed by atoms with Gasteiger partial charge in [-0.25, -0.2) is 4.68 Å². The van der Waals surface area contributed by atoms with E-state index in [1.807, 2.05) is 6.92 Å². The quantitative estimate of drug-likeness (QED) is 0.500. The number of nitrogens with one attached hydrogen (secondary N) is 2. The molecule has 2 aromatic carbocycles. The summed E-state index contributed by atoms with van der Waals surface area (Å²) < 4.78 is 28.9. The normalized spacial score (nSPS) is 14.5. The van der Waals surface area contributed by atoms with E-state index in [-0.39, 0.29) is 5.91 Å². The largest absolute Gasteiger partial charge is 0.497 e. The summed E-state index contributed by atoms with van der Waals surface area (Å²) in [5.74, 6) is 2.58. The number of carbonyl (C=O) groups excluding carboxylic acids is 1. The van der Waals surface area contributed by atoms with Crippen LogP contribution in [-0.2, 0) is 4.79 Å². The molecule has 1 aliphatic heterocycles. The van der Waals surface area contributed by atoms with Gasteiger partial charge < -0.3 is 34.3 Å². The molecule has 0 saturated carbocycles. The van der Waals surface area contributed by atoms with Gasteiger partial charge in [-0.05, 0) is 36.8 Å². The molecule has 0 unspecified atom stereocenters. The van der Waals surface area contributed by atoms with Crippen molar-refractivity contribution < 1.29 is 28.5 Å². The van der Waals surface area contributed by atoms with Gasteiger partial charge in [-0.15, -0.1) is 0 Å². The molecule has 0 radical (unpaired) electrons. The van der Waals surface area contributed by atoms with Crippen molar-refractivity contribution in [1.29, 1.82) is 0 Å². The van der Waals surface area contributed by atoms with Crippen molar-refractivity contribution in [2.24, 2.45) is 0 Å². The molecule has 3 aromatic rings. The van der Waals surface area contributed by atoms with E-state index in [9.17, 15) is 4.79 Å². The van der Waals surface area contributed by atoms with Crippen LogP contribution in [0.5, 0.6) is 28.7 Å². The van der Waals surface area contributed by atoms with Gasteiger partial charge in [0.1, 0.15) is 23.9 Å². The number of ether oxygens (including phenoxy) is 5. The fourth-order valence-corrected chi connectivity index (χ4v) is 4.04. The summed E-state index contributed by atoms with van der Waals surface area (Å²) >= 11 is 0. The van der Waals surface area contributed by atoms with E-state index in [4.69, 9.17) is 23.7 Å². The van der Waals surface area contributed by atoms with Gasteiger partial charge in [0, 0.05) is 11.8 Å². The molecule has 1 atom stereocenters. The van der Waals surface area contributed by atoms with Crippen LogP contribution >= 0.6 is 0 Å². The first-order valence-corrected chi connectivity index (χ1v) is 10.7. The van der Waals surface area contributed by atoms with Crippen LogP contribution in [0.3, 0.4) is 0 Å². The lowest BCUT2D eigenvalue weighted by atomic mass is 9.94. The fraction of sp³-hybridized carbons (Fsp3) is 0.292. The second-order valence-corrected chi connectivity index (χ2v) is 7.57. The zero-order chi connectivity index (χ0) is 25.1. The second-order valence-electron chi connectivity index (χ2n) is 7.57. The molecule has 11 heteroatoms. The molecule has 2 heterocycles. The zero-order valence-corrected chi connectivity index (χ0v) is 20.3. The molecule has 0 spiro atoms. The third-order valence-electron chi connectivity index (χ3n) is 5.70. The van der Waals surface area contributed by atoms with Crippen LogP contribution in [0.25, 0.3) is 0 Å². The van der Waals surface area contributed by atoms with Crippen molar-refractivity contribution in [1.82, 2.24) is 14.8 Å². The lowest BCUT2D eigenvalue weighted by Crippen LogP contribution is -2.31. The zero-order valence-electron chi connectivity index (χ0n) is 20.3. The second kappa shape index (κ2) is 9.84. The van der Waals surface area contributed by atoms with E-state index in [1.165, 1.54) is 34.8 Å². The molecule has 11 nitrogen and oxygen atoms in total. The molecule has 35 heavy (non-hydrogen) atoms. The van der Waals surface area contributed by atoms with Gasteiger partial charge in [-0.1, -0.05) is 0 Å². The Bertz CT molecular complexity index is 1260. The van der Waals surface area contributed by atoms with E-state index in [1.54, 1.807) is 42.1 Å². The van der Waals surface area contributed by atoms with Crippen molar-refractivity contribution in [3.05, 3.63) is 53.5 Å². The Morgan fingerprint density at radius 3 is 2.23 bits per heavy atom. The van der Waals surface area contributed by atoms with Gasteiger partial charge >= 0.3 is 0 Å². The maximum atomic E-state index is 13.7. The third-order valence-corrected chi connectivity index (χ3v) is 5.70. The predicted molar refractivity (Wildman–Crippen MR) is 129 cm³/mol. The molecule has 1 aromatic heterocycles. The Kier molecular flexibility index (Phi) is 6.67. The number of nitrogens with zero attached hydrogens (tertiary/aromatic N) is 3. The summed E-state index contributed by atoms with van der Waals surface area (Å²) in [6.45, 7) is 1.81. The van der Waals surface area contributed by atoms with E-state index >= 15 is 0 Å². The van der Waals surface area contributed by atoms with Gasteiger partial charge in [0.05, 0.1) is 46.8 Å². The Balaban J connectivity index is 1.81. The lowest BCUT2D eigenvalue weighted by molar-refractivity contribution is -0.113. The number of hydrogen-bond acceptors (Lipinski definition) is 9. The molecule has 0 bridgehead atoms. The van der Waals surface area contributed by atoms with E-state index in [2.05, 4.69) is 20.7 Å². The first kappa shape index (κ1) is 23.7. The predicted octanol–water partition coefficient (Wildman–Crippen LogP) is 3.25. The van der Waals surface area contributed by atoms with Crippen molar-refractivity contribution in [3.63, 3.8) is 0 Å². The number of carbonyl (C=O) groups is 1. The van der Waals surface area contributed by atoms with E-state index < -0.39 is 6.04 Å². The molecule has 1 amide bonds. The van der Waals surface area contributed by atoms with Crippen LogP contribution in [0, 0.1) is 0 Å². The van der Waals surface area contributed by atoms with Crippen molar-refractivity contribution in [3.8, 4) is 28.7 Å². The highest BCUT2D eigenvalue weighted by Crippen LogP contribution is 2.44. The summed E-state index contributed by atoms with van der Waals surface area (Å²) in [4.78, 5) is 18.0. The molecule has 1 aliphatic rings. The van der Waals surface area contributed by atoms with Crippen LogP contribution in [0.2, 0.25) is 0 Å². The molecule has 0 fully saturated rings. The highest BCUT2D eigenvalue weighted by Gasteiger charge is 2.35. The number of allylic oxidation sites excluding steroid dienone is 1. The van der Waals surface area contributed by atoms with Gasteiger partial charge in [0.25, 0.3) is 5.91 Å². The number of methoxy groups -OCH3 is 5. The van der Waals surface area contributed by atoms with Crippen molar-refractivity contribution in [2.75, 3.05) is 46.2 Å². The summed E-state index contributed by atoms with van der Waals surface area (Å²) in [7, 11) is 7.69. The highest BCUT2D eigenvalue weighted by molar-refractivity contribution is 6.06. The summed E-state index contributed by atoms with van der Waals surface area (Å²) in [6.07, 6.45) is 1.42. The van der Waals surface area contributed by atoms with Crippen LogP contribution in [0.4, 0.5) is 11.6 Å². The number of hydrogen-bond donors (Lipinski definition) is 2. The number of rotatable bonds is 8. The topological polar surface area (TPSA) is 118 Å². The molecule has 0 saturated heterocycles. The molecule has 4 rings (SSSR count). The van der Waals surface area contributed by atoms with Crippen LogP contribution in [-0.4, -0.2) is 56.2 Å². The number of amides is 1. The molecule has 0 aliphatic carbocycles. The minimum absolute atomic E-state index is 0.349. The van der Waals surface area contributed by atoms with E-state index in [0.29, 0.717) is 57.2 Å². The molecular weight excluding hydrogens is 454 g/mol. The van der Waals surface area contributed by atoms with Gasteiger partial charge in [0.2, 0.25) is 11.7 Å². The summed E-state index contributed by atoms with van der Waals surface area (Å²) in [6, 6.07) is 8.10. The number of aromatic nitrogens is 3. The Hall–Kier alpha value is -4.41. The first-order valence-electron chi connectivity index (χ1n) is 10.7. The average Bonchev–Trinajstić information content (AvgIpc) is 3.34. The fourth-order valence-electron chi connectivity index (χ4n) is 4.04. The van der Waals surface area contributed by atoms with Crippen molar-refractivity contribution in [2.45, 2.75) is 13.0 Å². The SMILES string of the molecule is COc1ccc(NC(=O)C2=C(C)Nc3ncnn3[C@H]2c2cc(OC)c(OC)c(OC)c2)c(OC)c1. The third kappa shape index (κ3) is 4.27. The van der Waals surface area contributed by atoms with Crippen LogP contribution < -0.4 is 34.3 Å². The first-order chi connectivity index (χ1) is 16.9. The van der Waals surface area contributed by atoms with E-state index in [0.717, 1.165) is 0 Å². The van der Waals surface area contributed by atoms with Gasteiger partial charge in [-0.3, -0.25) is 4.79 Å². The summed E-state index contributed by atoms with van der Waals surface area (Å²) in [5, 5.41) is 10.5. The van der Waals surface area contributed by atoms with Crippen molar-refractivity contribution >= 4 is 17.5 Å².